The first kappa shape index (κ1) is 22.0. The van der Waals surface area contributed by atoms with E-state index < -0.39 is 31.8 Å². The van der Waals surface area contributed by atoms with Crippen LogP contribution < -0.4 is 11.2 Å². The maximum atomic E-state index is 13.3. The van der Waals surface area contributed by atoms with Gasteiger partial charge in [0.1, 0.15) is 0 Å². The molecule has 10 nitrogen and oxygen atoms in total. The van der Waals surface area contributed by atoms with Crippen molar-refractivity contribution >= 4 is 15.2 Å². The Bertz CT molecular complexity index is 797. The maximum absolute atomic E-state index is 13.3. The van der Waals surface area contributed by atoms with E-state index in [0.29, 0.717) is 0 Å². The van der Waals surface area contributed by atoms with Crippen LogP contribution in [0.2, 0.25) is 0 Å². The van der Waals surface area contributed by atoms with Gasteiger partial charge in [-0.05, 0) is 13.8 Å². The van der Waals surface area contributed by atoms with Crippen LogP contribution >= 0.6 is 15.2 Å². The fourth-order valence-corrected chi connectivity index (χ4v) is 7.35. The lowest BCUT2D eigenvalue weighted by atomic mass is 10.4. The molecule has 0 saturated carbocycles. The van der Waals surface area contributed by atoms with Gasteiger partial charge in [0.15, 0.2) is 5.40 Å². The first-order valence-corrected chi connectivity index (χ1v) is 10.7. The molecule has 144 valence electrons. The highest BCUT2D eigenvalue weighted by Gasteiger charge is 2.52. The molecule has 0 aliphatic rings. The third kappa shape index (κ3) is 4.22. The Labute approximate surface area is 145 Å². The van der Waals surface area contributed by atoms with Gasteiger partial charge < -0.3 is 22.7 Å². The van der Waals surface area contributed by atoms with Gasteiger partial charge in [0.2, 0.25) is 0 Å². The van der Waals surface area contributed by atoms with Crippen LogP contribution in [-0.2, 0) is 41.3 Å². The molecular weight excluding hydrogens is 374 g/mol. The number of nitrogens with zero attached hydrogens (tertiary/aromatic N) is 2. The predicted molar refractivity (Wildman–Crippen MR) is 92.1 cm³/mol. The molecule has 12 heteroatoms. The van der Waals surface area contributed by atoms with Crippen molar-refractivity contribution in [1.29, 1.82) is 0 Å². The van der Waals surface area contributed by atoms with E-state index in [9.17, 15) is 18.7 Å². The summed E-state index contributed by atoms with van der Waals surface area (Å²) in [4.78, 5) is 24.5. The highest BCUT2D eigenvalue weighted by Crippen LogP contribution is 2.77. The average molecular weight is 398 g/mol. The van der Waals surface area contributed by atoms with E-state index in [0.717, 1.165) is 29.6 Å². The number of rotatable bonds is 9. The van der Waals surface area contributed by atoms with Crippen molar-refractivity contribution in [3.63, 3.8) is 0 Å². The van der Waals surface area contributed by atoms with Crippen molar-refractivity contribution in [2.75, 3.05) is 27.4 Å². The molecule has 0 fully saturated rings. The van der Waals surface area contributed by atoms with E-state index in [1.165, 1.54) is 14.1 Å². The van der Waals surface area contributed by atoms with Crippen molar-refractivity contribution in [1.82, 2.24) is 9.13 Å². The van der Waals surface area contributed by atoms with E-state index in [1.807, 2.05) is 0 Å². The molecule has 0 N–H and O–H groups in total. The Kier molecular flexibility index (Phi) is 7.55. The Balaban J connectivity index is 3.88. The van der Waals surface area contributed by atoms with Crippen LogP contribution in [0.3, 0.4) is 0 Å². The topological polar surface area (TPSA) is 115 Å². The van der Waals surface area contributed by atoms with Gasteiger partial charge in [0, 0.05) is 34.5 Å². The van der Waals surface area contributed by atoms with Crippen LogP contribution in [0.4, 0.5) is 0 Å². The summed E-state index contributed by atoms with van der Waals surface area (Å²) in [5.41, 5.74) is -1.61. The molecular formula is C13H24N2O8P2. The van der Waals surface area contributed by atoms with Gasteiger partial charge in [-0.2, -0.15) is 0 Å². The molecule has 0 aliphatic heterocycles. The number of aromatic nitrogens is 2. The standard InChI is InChI=1S/C13H24N2O8P2/c1-7-22-25(19,23-8-2)12(24(18,20-5)21-6)10-9-14(3)13(17)15(4)11(10)16/h9,12H,7-8H2,1-6H3. The second kappa shape index (κ2) is 8.58. The molecule has 1 heterocycles. The summed E-state index contributed by atoms with van der Waals surface area (Å²) in [7, 11) is -3.39. The monoisotopic (exact) mass is 398 g/mol. The predicted octanol–water partition coefficient (Wildman–Crippen LogP) is 1.83. The summed E-state index contributed by atoms with van der Waals surface area (Å²) in [6.45, 7) is 3.11. The number of hydrogen-bond donors (Lipinski definition) is 0. The van der Waals surface area contributed by atoms with E-state index >= 15 is 0 Å². The van der Waals surface area contributed by atoms with Crippen LogP contribution in [0.15, 0.2) is 15.8 Å². The van der Waals surface area contributed by atoms with Gasteiger partial charge in [0.05, 0.1) is 18.8 Å². The van der Waals surface area contributed by atoms with E-state index in [1.54, 1.807) is 13.8 Å². The molecule has 0 saturated heterocycles. The molecule has 0 amide bonds. The summed E-state index contributed by atoms with van der Waals surface area (Å²) in [6.07, 6.45) is 1.14. The average Bonchev–Trinajstić information content (AvgIpc) is 2.57. The first-order valence-electron chi connectivity index (χ1n) is 7.48. The lowest BCUT2D eigenvalue weighted by molar-refractivity contribution is 0.209. The number of hydrogen-bond acceptors (Lipinski definition) is 8. The van der Waals surface area contributed by atoms with Gasteiger partial charge in [-0.25, -0.2) is 4.79 Å². The fourth-order valence-electron chi connectivity index (χ4n) is 2.34. The molecule has 1 aromatic heterocycles. The summed E-state index contributed by atoms with van der Waals surface area (Å²) in [5.74, 6) is 0. The molecule has 0 aromatic carbocycles. The van der Waals surface area contributed by atoms with Crippen molar-refractivity contribution in [3.8, 4) is 0 Å². The molecule has 25 heavy (non-hydrogen) atoms. The smallest absolute Gasteiger partial charge is 0.311 e. The van der Waals surface area contributed by atoms with E-state index in [-0.39, 0.29) is 18.8 Å². The normalized spacial score (nSPS) is 13.8. The van der Waals surface area contributed by atoms with Crippen LogP contribution in [0.5, 0.6) is 0 Å². The Morgan fingerprint density at radius 1 is 1.00 bits per heavy atom. The van der Waals surface area contributed by atoms with Gasteiger partial charge in [-0.15, -0.1) is 0 Å². The SMILES string of the molecule is CCOP(=O)(OCC)C(c1cn(C)c(=O)n(C)c1=O)P(=O)(OC)OC. The summed E-state index contributed by atoms with van der Waals surface area (Å²) in [5, 5.41) is -1.64. The van der Waals surface area contributed by atoms with Gasteiger partial charge >= 0.3 is 20.9 Å². The molecule has 1 atom stereocenters. The zero-order chi connectivity index (χ0) is 19.4. The zero-order valence-corrected chi connectivity index (χ0v) is 16.9. The van der Waals surface area contributed by atoms with Crippen LogP contribution in [0.25, 0.3) is 0 Å². The molecule has 1 unspecified atom stereocenters. The van der Waals surface area contributed by atoms with Crippen molar-refractivity contribution in [2.45, 2.75) is 19.2 Å². The maximum Gasteiger partial charge on any atom is 0.350 e. The third-order valence-electron chi connectivity index (χ3n) is 3.48. The van der Waals surface area contributed by atoms with E-state index in [2.05, 4.69) is 0 Å². The van der Waals surface area contributed by atoms with Gasteiger partial charge in [-0.1, -0.05) is 0 Å². The van der Waals surface area contributed by atoms with Crippen molar-refractivity contribution < 1.29 is 27.2 Å². The molecule has 1 rings (SSSR count). The molecule has 1 aromatic rings. The summed E-state index contributed by atoms with van der Waals surface area (Å²) < 4.78 is 48.8. The third-order valence-corrected chi connectivity index (χ3v) is 9.18. The lowest BCUT2D eigenvalue weighted by Gasteiger charge is -2.30. The fraction of sp³-hybridized carbons (Fsp3) is 0.692. The molecule has 0 aliphatic carbocycles. The van der Waals surface area contributed by atoms with Crippen molar-refractivity contribution in [3.05, 3.63) is 32.6 Å². The highest BCUT2D eigenvalue weighted by molar-refractivity contribution is 7.72. The summed E-state index contributed by atoms with van der Waals surface area (Å²) in [6, 6.07) is 0. The van der Waals surface area contributed by atoms with E-state index in [4.69, 9.17) is 18.1 Å². The Hall–Kier alpha value is -1.02. The largest absolute Gasteiger partial charge is 0.350 e. The Morgan fingerprint density at radius 3 is 1.88 bits per heavy atom. The van der Waals surface area contributed by atoms with Crippen LogP contribution in [-0.4, -0.2) is 36.6 Å². The minimum atomic E-state index is -4.13. The van der Waals surface area contributed by atoms with Crippen LogP contribution in [0, 0.1) is 0 Å². The molecule has 0 bridgehead atoms. The van der Waals surface area contributed by atoms with Gasteiger partial charge in [-0.3, -0.25) is 18.5 Å². The van der Waals surface area contributed by atoms with Crippen molar-refractivity contribution in [2.24, 2.45) is 14.1 Å². The minimum Gasteiger partial charge on any atom is -0.311 e. The minimum absolute atomic E-state index is 0.0205. The Morgan fingerprint density at radius 2 is 1.48 bits per heavy atom. The summed E-state index contributed by atoms with van der Waals surface area (Å²) >= 11 is 0. The van der Waals surface area contributed by atoms with Crippen LogP contribution in [0.1, 0.15) is 24.8 Å². The lowest BCUT2D eigenvalue weighted by Crippen LogP contribution is -2.39. The molecule has 0 radical (unpaired) electrons. The quantitative estimate of drug-likeness (QED) is 0.579. The number of aryl methyl sites for hydroxylation is 1. The second-order valence-electron chi connectivity index (χ2n) is 5.00. The molecule has 0 spiro atoms. The zero-order valence-electron chi connectivity index (χ0n) is 15.1. The van der Waals surface area contributed by atoms with Gasteiger partial charge in [0.25, 0.3) is 5.56 Å². The second-order valence-corrected chi connectivity index (χ2v) is 9.84. The first-order chi connectivity index (χ1) is 11.6. The highest BCUT2D eigenvalue weighted by atomic mass is 31.2.